The minimum atomic E-state index is -0.956. The number of anilines is 1. The first-order valence-electron chi connectivity index (χ1n) is 6.51. The Labute approximate surface area is 125 Å². The summed E-state index contributed by atoms with van der Waals surface area (Å²) in [5.74, 6) is -2.03. The highest BCUT2D eigenvalue weighted by atomic mass is 16.5. The Balaban J connectivity index is 1.92. The quantitative estimate of drug-likeness (QED) is 0.607. The second kappa shape index (κ2) is 5.14. The molecule has 8 heteroatoms. The van der Waals surface area contributed by atoms with Gasteiger partial charge in [-0.25, -0.2) is 9.69 Å². The van der Waals surface area contributed by atoms with Crippen LogP contribution in [-0.4, -0.2) is 43.8 Å². The largest absolute Gasteiger partial charge is 0.497 e. The van der Waals surface area contributed by atoms with Crippen LogP contribution in [-0.2, 0) is 19.1 Å². The van der Waals surface area contributed by atoms with Gasteiger partial charge in [-0.1, -0.05) is 0 Å². The number of carbonyl (C=O) groups is 3. The van der Waals surface area contributed by atoms with Crippen molar-refractivity contribution in [3.63, 3.8) is 0 Å². The first kappa shape index (κ1) is 14.1. The average Bonchev–Trinajstić information content (AvgIpc) is 3.08. The smallest absolute Gasteiger partial charge is 0.355 e. The van der Waals surface area contributed by atoms with E-state index in [1.54, 1.807) is 24.3 Å². The van der Waals surface area contributed by atoms with Gasteiger partial charge in [0.05, 0.1) is 19.9 Å². The van der Waals surface area contributed by atoms with Gasteiger partial charge in [-0.2, -0.15) is 5.10 Å². The number of methoxy groups -OCH3 is 2. The van der Waals surface area contributed by atoms with Crippen LogP contribution in [0.3, 0.4) is 0 Å². The van der Waals surface area contributed by atoms with Crippen LogP contribution >= 0.6 is 0 Å². The van der Waals surface area contributed by atoms with Gasteiger partial charge in [0.15, 0.2) is 5.71 Å². The summed E-state index contributed by atoms with van der Waals surface area (Å²) in [5, 5.41) is 3.75. The summed E-state index contributed by atoms with van der Waals surface area (Å²) < 4.78 is 9.63. The zero-order chi connectivity index (χ0) is 15.9. The van der Waals surface area contributed by atoms with Crippen molar-refractivity contribution in [2.24, 2.45) is 11.0 Å². The number of imide groups is 1. The molecule has 0 bridgehead atoms. The zero-order valence-electron chi connectivity index (χ0n) is 11.9. The van der Waals surface area contributed by atoms with Crippen molar-refractivity contribution in [1.82, 2.24) is 5.43 Å². The Morgan fingerprint density at radius 1 is 1.18 bits per heavy atom. The lowest BCUT2D eigenvalue weighted by Crippen LogP contribution is -2.36. The average molecular weight is 303 g/mol. The number of fused-ring (bicyclic) bond motifs is 1. The molecule has 1 aromatic carbocycles. The van der Waals surface area contributed by atoms with Crippen LogP contribution in [0.15, 0.2) is 29.4 Å². The van der Waals surface area contributed by atoms with Gasteiger partial charge in [0.1, 0.15) is 17.7 Å². The fourth-order valence-electron chi connectivity index (χ4n) is 2.55. The van der Waals surface area contributed by atoms with Crippen molar-refractivity contribution in [2.75, 3.05) is 19.1 Å². The van der Waals surface area contributed by atoms with E-state index in [0.717, 1.165) is 4.90 Å². The van der Waals surface area contributed by atoms with Crippen molar-refractivity contribution in [3.8, 4) is 5.75 Å². The monoisotopic (exact) mass is 303 g/mol. The predicted molar refractivity (Wildman–Crippen MR) is 75.4 cm³/mol. The molecule has 0 aromatic heterocycles. The number of hydrogen-bond acceptors (Lipinski definition) is 7. The number of nitrogens with zero attached hydrogens (tertiary/aromatic N) is 2. The molecular formula is C14H13N3O5. The third-order valence-electron chi connectivity index (χ3n) is 3.65. The van der Waals surface area contributed by atoms with Gasteiger partial charge in [-0.15, -0.1) is 0 Å². The Morgan fingerprint density at radius 2 is 1.86 bits per heavy atom. The highest BCUT2D eigenvalue weighted by Crippen LogP contribution is 2.31. The van der Waals surface area contributed by atoms with Crippen LogP contribution in [0.1, 0.15) is 0 Å². The summed E-state index contributed by atoms with van der Waals surface area (Å²) in [6.45, 7) is 0. The van der Waals surface area contributed by atoms with E-state index in [4.69, 9.17) is 4.74 Å². The number of amides is 2. The molecule has 0 spiro atoms. The molecule has 1 saturated heterocycles. The van der Waals surface area contributed by atoms with Gasteiger partial charge in [-0.05, 0) is 24.3 Å². The standard InChI is InChI=1S/C14H13N3O5/c1-21-8-5-3-7(4-6-8)17-12(18)9-10(13(17)19)15-16-11(9)14(20)22-2/h3-6,9-10,15H,1-2H3/t9-,10-/m1/s1. The summed E-state index contributed by atoms with van der Waals surface area (Å²) in [5.41, 5.74) is 2.87. The molecule has 2 heterocycles. The fraction of sp³-hybridized carbons (Fsp3) is 0.286. The molecule has 0 aliphatic carbocycles. The lowest BCUT2D eigenvalue weighted by molar-refractivity contribution is -0.133. The molecule has 0 radical (unpaired) electrons. The Bertz CT molecular complexity index is 682. The molecule has 2 atom stereocenters. The Kier molecular flexibility index (Phi) is 3.28. The number of nitrogens with one attached hydrogen (secondary N) is 1. The highest BCUT2D eigenvalue weighted by Gasteiger charge is 2.55. The van der Waals surface area contributed by atoms with Crippen LogP contribution in [0.5, 0.6) is 5.75 Å². The van der Waals surface area contributed by atoms with E-state index in [9.17, 15) is 14.4 Å². The molecule has 0 unspecified atom stereocenters. The van der Waals surface area contributed by atoms with E-state index >= 15 is 0 Å². The molecule has 114 valence electrons. The topological polar surface area (TPSA) is 97.3 Å². The number of esters is 1. The van der Waals surface area contributed by atoms with Crippen molar-refractivity contribution in [2.45, 2.75) is 6.04 Å². The molecule has 1 aromatic rings. The van der Waals surface area contributed by atoms with Gasteiger partial charge >= 0.3 is 5.97 Å². The number of rotatable bonds is 3. The van der Waals surface area contributed by atoms with Crippen molar-refractivity contribution in [1.29, 1.82) is 0 Å². The maximum absolute atomic E-state index is 12.5. The summed E-state index contributed by atoms with van der Waals surface area (Å²) in [6.07, 6.45) is 0. The van der Waals surface area contributed by atoms with E-state index in [1.165, 1.54) is 14.2 Å². The van der Waals surface area contributed by atoms with Gasteiger partial charge in [0, 0.05) is 0 Å². The number of hydrogen-bond donors (Lipinski definition) is 1. The maximum atomic E-state index is 12.5. The van der Waals surface area contributed by atoms with E-state index in [0.29, 0.717) is 11.4 Å². The van der Waals surface area contributed by atoms with Crippen molar-refractivity contribution in [3.05, 3.63) is 24.3 Å². The van der Waals surface area contributed by atoms with Gasteiger partial charge in [0.25, 0.3) is 5.91 Å². The summed E-state index contributed by atoms with van der Waals surface area (Å²) in [6, 6.07) is 5.62. The first-order chi connectivity index (χ1) is 10.6. The molecule has 8 nitrogen and oxygen atoms in total. The van der Waals surface area contributed by atoms with E-state index in [1.807, 2.05) is 0 Å². The Hall–Kier alpha value is -2.90. The number of carbonyl (C=O) groups excluding carboxylic acids is 3. The van der Waals surface area contributed by atoms with Crippen LogP contribution in [0.25, 0.3) is 0 Å². The fourth-order valence-corrected chi connectivity index (χ4v) is 2.55. The van der Waals surface area contributed by atoms with E-state index in [2.05, 4.69) is 15.3 Å². The molecule has 2 aliphatic heterocycles. The summed E-state index contributed by atoms with van der Waals surface area (Å²) in [4.78, 5) is 37.6. The summed E-state index contributed by atoms with van der Waals surface area (Å²) >= 11 is 0. The third kappa shape index (κ3) is 1.92. The lowest BCUT2D eigenvalue weighted by Gasteiger charge is -2.15. The SMILES string of the molecule is COC(=O)C1=NN[C@H]2C(=O)N(c3ccc(OC)cc3)C(=O)[C@@H]12. The molecule has 22 heavy (non-hydrogen) atoms. The number of benzene rings is 1. The van der Waals surface area contributed by atoms with Crippen molar-refractivity contribution < 1.29 is 23.9 Å². The number of ether oxygens (including phenoxy) is 2. The van der Waals surface area contributed by atoms with Crippen LogP contribution in [0.2, 0.25) is 0 Å². The lowest BCUT2D eigenvalue weighted by atomic mass is 9.99. The van der Waals surface area contributed by atoms with Crippen LogP contribution in [0.4, 0.5) is 5.69 Å². The molecule has 1 N–H and O–H groups in total. The van der Waals surface area contributed by atoms with Gasteiger partial charge in [0.2, 0.25) is 5.91 Å². The highest BCUT2D eigenvalue weighted by molar-refractivity contribution is 6.46. The second-order valence-electron chi connectivity index (χ2n) is 4.78. The molecule has 3 rings (SSSR count). The van der Waals surface area contributed by atoms with Crippen LogP contribution < -0.4 is 15.1 Å². The van der Waals surface area contributed by atoms with Crippen molar-refractivity contribution >= 4 is 29.2 Å². The van der Waals surface area contributed by atoms with E-state index < -0.39 is 29.7 Å². The molecule has 1 fully saturated rings. The first-order valence-corrected chi connectivity index (χ1v) is 6.51. The predicted octanol–water partition coefficient (Wildman–Crippen LogP) is -0.315. The van der Waals surface area contributed by atoms with E-state index in [-0.39, 0.29) is 5.71 Å². The number of hydrazone groups is 1. The van der Waals surface area contributed by atoms with Gasteiger partial charge in [-0.3, -0.25) is 15.0 Å². The second-order valence-corrected chi connectivity index (χ2v) is 4.78. The molecule has 0 saturated carbocycles. The molecular weight excluding hydrogens is 290 g/mol. The zero-order valence-corrected chi connectivity index (χ0v) is 11.9. The minimum Gasteiger partial charge on any atom is -0.497 e. The van der Waals surface area contributed by atoms with Gasteiger partial charge < -0.3 is 9.47 Å². The third-order valence-corrected chi connectivity index (χ3v) is 3.65. The Morgan fingerprint density at radius 3 is 2.45 bits per heavy atom. The summed E-state index contributed by atoms with van der Waals surface area (Å²) in [7, 11) is 2.72. The molecule has 2 amide bonds. The maximum Gasteiger partial charge on any atom is 0.355 e. The minimum absolute atomic E-state index is 0.0816. The molecule has 2 aliphatic rings. The normalized spacial score (nSPS) is 23.0. The van der Waals surface area contributed by atoms with Crippen LogP contribution in [0, 0.1) is 5.92 Å².